The van der Waals surface area contributed by atoms with Gasteiger partial charge in [0.25, 0.3) is 10.0 Å². The molecule has 0 saturated heterocycles. The van der Waals surface area contributed by atoms with E-state index in [1.54, 1.807) is 17.1 Å². The Kier molecular flexibility index (Phi) is 8.96. The monoisotopic (exact) mass is 604 g/mol. The fourth-order valence-corrected chi connectivity index (χ4v) is 6.48. The van der Waals surface area contributed by atoms with Crippen LogP contribution in [0.3, 0.4) is 0 Å². The molecule has 0 saturated carbocycles. The van der Waals surface area contributed by atoms with Crippen molar-refractivity contribution in [1.82, 2.24) is 4.72 Å². The predicted molar refractivity (Wildman–Crippen MR) is 158 cm³/mol. The first-order valence-electron chi connectivity index (χ1n) is 12.5. The number of halogens is 2. The van der Waals surface area contributed by atoms with Crippen molar-refractivity contribution < 1.29 is 21.2 Å². The van der Waals surface area contributed by atoms with Gasteiger partial charge in [-0.25, -0.2) is 21.2 Å². The van der Waals surface area contributed by atoms with E-state index in [1.807, 2.05) is 44.2 Å². The first-order valence-corrected chi connectivity index (χ1v) is 16.5. The Morgan fingerprint density at radius 3 is 2.23 bits per heavy atom. The van der Waals surface area contributed by atoms with Crippen LogP contribution in [0.4, 0.5) is 10.1 Å². The molecule has 0 bridgehead atoms. The fraction of sp³-hybridized carbons (Fsp3) is 0.286. The zero-order valence-electron chi connectivity index (χ0n) is 22.2. The summed E-state index contributed by atoms with van der Waals surface area (Å²) < 4.78 is 67.5. The van der Waals surface area contributed by atoms with E-state index in [0.29, 0.717) is 16.4 Å². The van der Waals surface area contributed by atoms with Gasteiger partial charge < -0.3 is 0 Å². The van der Waals surface area contributed by atoms with Gasteiger partial charge in [0, 0.05) is 17.7 Å². The summed E-state index contributed by atoms with van der Waals surface area (Å²) in [6.07, 6.45) is 1.37. The van der Waals surface area contributed by atoms with Gasteiger partial charge in [-0.1, -0.05) is 55.8 Å². The number of benzene rings is 3. The molecular weight excluding hydrogens is 575 g/mol. The molecule has 12 heteroatoms. The Hall–Kier alpha value is -3.28. The summed E-state index contributed by atoms with van der Waals surface area (Å²) in [7, 11) is -7.57. The summed E-state index contributed by atoms with van der Waals surface area (Å²) in [5.41, 5.74) is 1.82. The minimum atomic E-state index is -4.14. The molecule has 1 aliphatic heterocycles. The van der Waals surface area contributed by atoms with Crippen LogP contribution in [0, 0.1) is 11.7 Å². The second-order valence-electron chi connectivity index (χ2n) is 9.94. The van der Waals surface area contributed by atoms with E-state index in [4.69, 9.17) is 16.7 Å². The molecule has 8 nitrogen and oxygen atoms in total. The van der Waals surface area contributed by atoms with Crippen molar-refractivity contribution in [3.8, 4) is 0 Å². The van der Waals surface area contributed by atoms with Crippen molar-refractivity contribution >= 4 is 48.7 Å². The molecule has 212 valence electrons. The molecule has 2 atom stereocenters. The van der Waals surface area contributed by atoms with Gasteiger partial charge in [-0.15, -0.1) is 0 Å². The number of nitrogens with zero attached hydrogens (tertiary/aromatic N) is 3. The van der Waals surface area contributed by atoms with E-state index in [2.05, 4.69) is 9.71 Å². The Morgan fingerprint density at radius 1 is 1.02 bits per heavy atom. The third-order valence-electron chi connectivity index (χ3n) is 6.35. The van der Waals surface area contributed by atoms with Gasteiger partial charge in [0.2, 0.25) is 0 Å². The predicted octanol–water partition coefficient (Wildman–Crippen LogP) is 5.23. The number of aliphatic imine (C=N–C) groups is 1. The molecule has 0 amide bonds. The standard InChI is InChI=1S/C28H30ClFN4O4S2/c1-19(2)26(18-39(3,35)36)31-28(33-40(37,38)24-15-9-21(29)10-16-24)25-17-27(20-7-5-4-6-8-20)34(32-25)23-13-11-22(30)12-14-23/h4-16,19,26-27H,17-18H2,1-3H3,(H,31,33)/t26-,27?/m1/s1. The molecule has 0 fully saturated rings. The van der Waals surface area contributed by atoms with Crippen molar-refractivity contribution in [1.29, 1.82) is 0 Å². The maximum atomic E-state index is 13.7. The largest absolute Gasteiger partial charge is 0.263 e. The molecular formula is C28H30ClFN4O4S2. The van der Waals surface area contributed by atoms with Crippen LogP contribution in [0.2, 0.25) is 5.02 Å². The van der Waals surface area contributed by atoms with Gasteiger partial charge in [0.05, 0.1) is 28.4 Å². The third-order valence-corrected chi connectivity index (χ3v) is 8.91. The van der Waals surface area contributed by atoms with Crippen LogP contribution in [0.25, 0.3) is 0 Å². The maximum Gasteiger partial charge on any atom is 0.263 e. The molecule has 1 aliphatic rings. The number of hydrogen-bond acceptors (Lipinski definition) is 7. The zero-order valence-corrected chi connectivity index (χ0v) is 24.6. The smallest absolute Gasteiger partial charge is 0.262 e. The number of nitrogens with one attached hydrogen (secondary N) is 1. The van der Waals surface area contributed by atoms with E-state index in [-0.39, 0.29) is 34.9 Å². The summed E-state index contributed by atoms with van der Waals surface area (Å²) >= 11 is 5.95. The van der Waals surface area contributed by atoms with E-state index in [1.165, 1.54) is 36.4 Å². The van der Waals surface area contributed by atoms with Crippen LogP contribution in [0.15, 0.2) is 93.9 Å². The molecule has 3 aromatic carbocycles. The molecule has 0 spiro atoms. The summed E-state index contributed by atoms with van der Waals surface area (Å²) in [4.78, 5) is 4.61. The Bertz CT molecular complexity index is 1610. The van der Waals surface area contributed by atoms with Crippen molar-refractivity contribution in [3.05, 3.63) is 95.3 Å². The topological polar surface area (TPSA) is 108 Å². The molecule has 0 aromatic heterocycles. The quantitative estimate of drug-likeness (QED) is 0.266. The molecule has 3 aromatic rings. The molecule has 0 radical (unpaired) electrons. The van der Waals surface area contributed by atoms with E-state index in [0.717, 1.165) is 11.8 Å². The highest BCUT2D eigenvalue weighted by molar-refractivity contribution is 7.90. The van der Waals surface area contributed by atoms with Gasteiger partial charge >= 0.3 is 0 Å². The van der Waals surface area contributed by atoms with Crippen molar-refractivity contribution in [2.24, 2.45) is 16.0 Å². The van der Waals surface area contributed by atoms with E-state index >= 15 is 0 Å². The highest BCUT2D eigenvalue weighted by atomic mass is 35.5. The highest BCUT2D eigenvalue weighted by Gasteiger charge is 2.34. The number of hydrazone groups is 1. The molecule has 1 N–H and O–H groups in total. The van der Waals surface area contributed by atoms with Crippen LogP contribution in [-0.4, -0.2) is 46.4 Å². The van der Waals surface area contributed by atoms with Gasteiger partial charge in [-0.05, 0) is 60.0 Å². The minimum absolute atomic E-state index is 0.0394. The van der Waals surface area contributed by atoms with Gasteiger partial charge in [0.1, 0.15) is 21.4 Å². The van der Waals surface area contributed by atoms with E-state index in [9.17, 15) is 21.2 Å². The van der Waals surface area contributed by atoms with Crippen molar-refractivity contribution in [2.75, 3.05) is 17.0 Å². The van der Waals surface area contributed by atoms with Gasteiger partial charge in [-0.2, -0.15) is 5.10 Å². The first kappa shape index (κ1) is 29.7. The number of anilines is 1. The Labute approximate surface area is 239 Å². The zero-order chi connectivity index (χ0) is 29.1. The molecule has 1 heterocycles. The van der Waals surface area contributed by atoms with Crippen molar-refractivity contribution in [2.45, 2.75) is 37.2 Å². The molecule has 40 heavy (non-hydrogen) atoms. The number of sulfonamides is 1. The van der Waals surface area contributed by atoms with Crippen molar-refractivity contribution in [3.63, 3.8) is 0 Å². The lowest BCUT2D eigenvalue weighted by atomic mass is 10.0. The van der Waals surface area contributed by atoms with Gasteiger partial charge in [-0.3, -0.25) is 14.7 Å². The highest BCUT2D eigenvalue weighted by Crippen LogP contribution is 2.35. The SMILES string of the molecule is CC(C)[C@@H](CS(C)(=O)=O)N=C(NS(=O)(=O)c1ccc(Cl)cc1)C1=NN(c2ccc(F)cc2)C(c2ccccc2)C1. The van der Waals surface area contributed by atoms with E-state index < -0.39 is 31.7 Å². The first-order chi connectivity index (χ1) is 18.8. The lowest BCUT2D eigenvalue weighted by molar-refractivity contribution is 0.519. The third kappa shape index (κ3) is 7.47. The van der Waals surface area contributed by atoms with Crippen LogP contribution in [0.5, 0.6) is 0 Å². The normalized spacial score (nSPS) is 17.1. The summed E-state index contributed by atoms with van der Waals surface area (Å²) in [5.74, 6) is -0.942. The fourth-order valence-electron chi connectivity index (χ4n) is 4.23. The summed E-state index contributed by atoms with van der Waals surface area (Å²) in [5, 5.41) is 6.81. The van der Waals surface area contributed by atoms with Crippen LogP contribution in [-0.2, 0) is 19.9 Å². The van der Waals surface area contributed by atoms with Crippen LogP contribution >= 0.6 is 11.6 Å². The lowest BCUT2D eigenvalue weighted by Crippen LogP contribution is -2.38. The lowest BCUT2D eigenvalue weighted by Gasteiger charge is -2.23. The number of hydrogen-bond donors (Lipinski definition) is 1. The minimum Gasteiger partial charge on any atom is -0.262 e. The summed E-state index contributed by atoms with van der Waals surface area (Å²) in [6, 6.07) is 19.9. The maximum absolute atomic E-state index is 13.7. The Balaban J connectivity index is 1.83. The molecule has 4 rings (SSSR count). The number of sulfone groups is 1. The second kappa shape index (κ2) is 12.1. The number of rotatable bonds is 9. The van der Waals surface area contributed by atoms with Crippen LogP contribution < -0.4 is 9.73 Å². The van der Waals surface area contributed by atoms with Gasteiger partial charge in [0.15, 0.2) is 5.84 Å². The Morgan fingerprint density at radius 2 is 1.65 bits per heavy atom. The van der Waals surface area contributed by atoms with Crippen LogP contribution in [0.1, 0.15) is 31.9 Å². The average molecular weight is 605 g/mol. The second-order valence-corrected chi connectivity index (χ2v) is 14.2. The summed E-state index contributed by atoms with van der Waals surface area (Å²) in [6.45, 7) is 3.64. The molecule has 1 unspecified atom stereocenters. The number of amidine groups is 1. The average Bonchev–Trinajstić information content (AvgIpc) is 3.34. The molecule has 0 aliphatic carbocycles.